The topological polar surface area (TPSA) is 58.6 Å². The number of fused-ring (bicyclic) bond motifs is 1. The van der Waals surface area contributed by atoms with Crippen LogP contribution in [0.2, 0.25) is 5.02 Å². The minimum atomic E-state index is 0.0728. The Morgan fingerprint density at radius 2 is 1.97 bits per heavy atom. The van der Waals surface area contributed by atoms with E-state index in [4.69, 9.17) is 16.3 Å². The van der Waals surface area contributed by atoms with E-state index in [2.05, 4.69) is 5.32 Å². The smallest absolute Gasteiger partial charge is 0.226 e. The van der Waals surface area contributed by atoms with Crippen molar-refractivity contribution in [2.45, 2.75) is 39.0 Å². The Bertz CT molecular complexity index is 951. The SMILES string of the molecule is Cc1cc(CC(=O)N2CCC(COc3ccc4c(c3)CCC(=O)N4)CC2)ccc1Cl. The number of amides is 2. The third-order valence-corrected chi connectivity index (χ3v) is 6.43. The lowest BCUT2D eigenvalue weighted by Crippen LogP contribution is -2.40. The summed E-state index contributed by atoms with van der Waals surface area (Å²) in [6.45, 7) is 4.16. The van der Waals surface area contributed by atoms with Crippen LogP contribution >= 0.6 is 11.6 Å². The summed E-state index contributed by atoms with van der Waals surface area (Å²) < 4.78 is 6.03. The minimum absolute atomic E-state index is 0.0728. The lowest BCUT2D eigenvalue weighted by molar-refractivity contribution is -0.132. The lowest BCUT2D eigenvalue weighted by Gasteiger charge is -2.32. The molecule has 6 heteroatoms. The summed E-state index contributed by atoms with van der Waals surface area (Å²) in [6, 6.07) is 11.6. The molecule has 0 bridgehead atoms. The molecule has 30 heavy (non-hydrogen) atoms. The van der Waals surface area contributed by atoms with Crippen molar-refractivity contribution in [1.82, 2.24) is 4.90 Å². The second kappa shape index (κ2) is 9.09. The van der Waals surface area contributed by atoms with Crippen molar-refractivity contribution in [3.63, 3.8) is 0 Å². The molecule has 4 rings (SSSR count). The van der Waals surface area contributed by atoms with Crippen LogP contribution in [0.15, 0.2) is 36.4 Å². The van der Waals surface area contributed by atoms with E-state index in [-0.39, 0.29) is 11.8 Å². The molecule has 2 amide bonds. The van der Waals surface area contributed by atoms with Crippen molar-refractivity contribution in [3.8, 4) is 5.75 Å². The standard InChI is InChI=1S/C24H27ClN2O3/c1-16-12-18(2-5-21(16)25)13-24(29)27-10-8-17(9-11-27)15-30-20-4-6-22-19(14-20)3-7-23(28)26-22/h2,4-6,12,14,17H,3,7-11,13,15H2,1H3,(H,26,28). The summed E-state index contributed by atoms with van der Waals surface area (Å²) in [4.78, 5) is 26.1. The maximum absolute atomic E-state index is 12.6. The second-order valence-corrected chi connectivity index (χ2v) is 8.67. The first-order valence-corrected chi connectivity index (χ1v) is 10.9. The number of likely N-dealkylation sites (tertiary alicyclic amines) is 1. The van der Waals surface area contributed by atoms with Gasteiger partial charge in [0, 0.05) is 30.2 Å². The zero-order valence-corrected chi connectivity index (χ0v) is 18.0. The van der Waals surface area contributed by atoms with Crippen molar-refractivity contribution < 1.29 is 14.3 Å². The minimum Gasteiger partial charge on any atom is -0.493 e. The van der Waals surface area contributed by atoms with Crippen molar-refractivity contribution in [2.24, 2.45) is 5.92 Å². The number of ether oxygens (including phenoxy) is 1. The highest BCUT2D eigenvalue weighted by Crippen LogP contribution is 2.28. The summed E-state index contributed by atoms with van der Waals surface area (Å²) in [5.74, 6) is 1.54. The number of benzene rings is 2. The van der Waals surface area contributed by atoms with Crippen LogP contribution in [-0.4, -0.2) is 36.4 Å². The summed E-state index contributed by atoms with van der Waals surface area (Å²) in [6.07, 6.45) is 3.61. The number of piperidine rings is 1. The molecule has 0 radical (unpaired) electrons. The van der Waals surface area contributed by atoms with Crippen LogP contribution < -0.4 is 10.1 Å². The fourth-order valence-electron chi connectivity index (χ4n) is 4.12. The Morgan fingerprint density at radius 3 is 2.73 bits per heavy atom. The number of aryl methyl sites for hydroxylation is 2. The summed E-state index contributed by atoms with van der Waals surface area (Å²) >= 11 is 6.07. The van der Waals surface area contributed by atoms with Crippen molar-refractivity contribution in [1.29, 1.82) is 0 Å². The fraction of sp³-hybridized carbons (Fsp3) is 0.417. The van der Waals surface area contributed by atoms with E-state index >= 15 is 0 Å². The highest BCUT2D eigenvalue weighted by atomic mass is 35.5. The predicted molar refractivity (Wildman–Crippen MR) is 118 cm³/mol. The Balaban J connectivity index is 1.24. The number of nitrogens with one attached hydrogen (secondary N) is 1. The first kappa shape index (κ1) is 20.7. The molecule has 158 valence electrons. The molecule has 2 aliphatic rings. The third kappa shape index (κ3) is 4.96. The zero-order chi connectivity index (χ0) is 21.1. The molecule has 2 aliphatic heterocycles. The van der Waals surface area contributed by atoms with Gasteiger partial charge in [-0.25, -0.2) is 0 Å². The first-order chi connectivity index (χ1) is 14.5. The molecular formula is C24H27ClN2O3. The molecule has 5 nitrogen and oxygen atoms in total. The number of hydrogen-bond donors (Lipinski definition) is 1. The van der Waals surface area contributed by atoms with E-state index in [0.29, 0.717) is 25.4 Å². The van der Waals surface area contributed by atoms with Crippen LogP contribution in [-0.2, 0) is 22.4 Å². The fourth-order valence-corrected chi connectivity index (χ4v) is 4.23. The molecule has 0 saturated carbocycles. The van der Waals surface area contributed by atoms with Gasteiger partial charge < -0.3 is 15.0 Å². The second-order valence-electron chi connectivity index (χ2n) is 8.26. The average molecular weight is 427 g/mol. The molecule has 1 fully saturated rings. The summed E-state index contributed by atoms with van der Waals surface area (Å²) in [5, 5.41) is 3.62. The molecule has 0 spiro atoms. The first-order valence-electron chi connectivity index (χ1n) is 10.6. The van der Waals surface area contributed by atoms with Gasteiger partial charge in [0.25, 0.3) is 0 Å². The molecule has 2 heterocycles. The van der Waals surface area contributed by atoms with Crippen molar-refractivity contribution in [3.05, 3.63) is 58.1 Å². The Morgan fingerprint density at radius 1 is 1.17 bits per heavy atom. The Kier molecular flexibility index (Phi) is 6.28. The molecule has 0 atom stereocenters. The van der Waals surface area contributed by atoms with Crippen LogP contribution in [0.4, 0.5) is 5.69 Å². The Labute approximate surface area is 182 Å². The van der Waals surface area contributed by atoms with E-state index in [1.165, 1.54) is 0 Å². The third-order valence-electron chi connectivity index (χ3n) is 6.00. The zero-order valence-electron chi connectivity index (χ0n) is 17.2. The monoisotopic (exact) mass is 426 g/mol. The molecule has 2 aromatic carbocycles. The van der Waals surface area contributed by atoms with Crippen molar-refractivity contribution in [2.75, 3.05) is 25.0 Å². The maximum atomic E-state index is 12.6. The van der Waals surface area contributed by atoms with Crippen LogP contribution in [0.1, 0.15) is 36.0 Å². The van der Waals surface area contributed by atoms with E-state index in [9.17, 15) is 9.59 Å². The van der Waals surface area contributed by atoms with Crippen molar-refractivity contribution >= 4 is 29.1 Å². The molecule has 1 N–H and O–H groups in total. The van der Waals surface area contributed by atoms with Crippen LogP contribution in [0.3, 0.4) is 0 Å². The summed E-state index contributed by atoms with van der Waals surface area (Å²) in [5.41, 5.74) is 4.03. The number of nitrogens with zero attached hydrogens (tertiary/aromatic N) is 1. The van der Waals surface area contributed by atoms with Crippen LogP contribution in [0, 0.1) is 12.8 Å². The molecule has 0 aromatic heterocycles. The van der Waals surface area contributed by atoms with Gasteiger partial charge in [0.1, 0.15) is 5.75 Å². The molecule has 2 aromatic rings. The largest absolute Gasteiger partial charge is 0.493 e. The van der Waals surface area contributed by atoms with Gasteiger partial charge in [0.15, 0.2) is 0 Å². The number of carbonyl (C=O) groups is 2. The van der Waals surface area contributed by atoms with Gasteiger partial charge in [-0.1, -0.05) is 23.7 Å². The summed E-state index contributed by atoms with van der Waals surface area (Å²) in [7, 11) is 0. The van der Waals surface area contributed by atoms with E-state index < -0.39 is 0 Å². The predicted octanol–water partition coefficient (Wildman–Crippen LogP) is 4.39. The Hall–Kier alpha value is -2.53. The molecule has 0 unspecified atom stereocenters. The molecule has 0 aliphatic carbocycles. The number of hydrogen-bond acceptors (Lipinski definition) is 3. The van der Waals surface area contributed by atoms with Gasteiger partial charge in [-0.2, -0.15) is 0 Å². The van der Waals surface area contributed by atoms with Gasteiger partial charge in [-0.05, 0) is 73.1 Å². The van der Waals surface area contributed by atoms with E-state index in [1.54, 1.807) is 0 Å². The number of anilines is 1. The number of carbonyl (C=O) groups excluding carboxylic acids is 2. The van der Waals surface area contributed by atoms with E-state index in [0.717, 1.165) is 65.5 Å². The van der Waals surface area contributed by atoms with Gasteiger partial charge in [-0.15, -0.1) is 0 Å². The quantitative estimate of drug-likeness (QED) is 0.771. The normalized spacial score (nSPS) is 16.7. The van der Waals surface area contributed by atoms with Crippen LogP contribution in [0.5, 0.6) is 5.75 Å². The maximum Gasteiger partial charge on any atom is 0.226 e. The average Bonchev–Trinajstić information content (AvgIpc) is 2.75. The lowest BCUT2D eigenvalue weighted by atomic mass is 9.97. The van der Waals surface area contributed by atoms with E-state index in [1.807, 2.05) is 48.2 Å². The highest BCUT2D eigenvalue weighted by molar-refractivity contribution is 6.31. The highest BCUT2D eigenvalue weighted by Gasteiger charge is 2.23. The van der Waals surface area contributed by atoms with Gasteiger partial charge in [-0.3, -0.25) is 9.59 Å². The number of rotatable bonds is 5. The number of halogens is 1. The molecule has 1 saturated heterocycles. The van der Waals surface area contributed by atoms with Gasteiger partial charge >= 0.3 is 0 Å². The van der Waals surface area contributed by atoms with Gasteiger partial charge in [0.05, 0.1) is 13.0 Å². The molecular weight excluding hydrogens is 400 g/mol. The van der Waals surface area contributed by atoms with Crippen LogP contribution in [0.25, 0.3) is 0 Å². The van der Waals surface area contributed by atoms with Gasteiger partial charge in [0.2, 0.25) is 11.8 Å².